The van der Waals surface area contributed by atoms with E-state index in [0.717, 1.165) is 6.26 Å². The highest BCUT2D eigenvalue weighted by Gasteiger charge is 2.36. The van der Waals surface area contributed by atoms with Gasteiger partial charge < -0.3 is 25.2 Å². The second kappa shape index (κ2) is 5.00. The van der Waals surface area contributed by atoms with Crippen LogP contribution in [0.15, 0.2) is 54.2 Å². The lowest BCUT2D eigenvalue weighted by Crippen LogP contribution is -2.24. The molecule has 6 heteroatoms. The summed E-state index contributed by atoms with van der Waals surface area (Å²) in [4.78, 5) is 11.6. The van der Waals surface area contributed by atoms with Crippen molar-refractivity contribution in [1.82, 2.24) is 0 Å². The SMILES string of the molecule is O=C1C=CC2C(=C1O)Oc1c(ccc(O)c1O)/C2=C\C=C/O. The molecule has 0 saturated carbocycles. The van der Waals surface area contributed by atoms with Crippen molar-refractivity contribution in [3.63, 3.8) is 0 Å². The van der Waals surface area contributed by atoms with Gasteiger partial charge in [0.2, 0.25) is 17.3 Å². The van der Waals surface area contributed by atoms with Gasteiger partial charge in [-0.05, 0) is 29.9 Å². The Bertz CT molecular complexity index is 782. The molecule has 2 aliphatic rings. The molecule has 1 heterocycles. The normalized spacial score (nSPS) is 21.9. The summed E-state index contributed by atoms with van der Waals surface area (Å²) in [6.07, 6.45) is 6.56. The van der Waals surface area contributed by atoms with Crippen LogP contribution in [0.5, 0.6) is 17.2 Å². The van der Waals surface area contributed by atoms with Crippen molar-refractivity contribution in [2.24, 2.45) is 5.92 Å². The molecule has 6 nitrogen and oxygen atoms in total. The topological polar surface area (TPSA) is 107 Å². The van der Waals surface area contributed by atoms with Gasteiger partial charge in [0.05, 0.1) is 12.2 Å². The molecule has 0 bridgehead atoms. The van der Waals surface area contributed by atoms with Crippen LogP contribution in [-0.4, -0.2) is 26.2 Å². The number of hydrogen-bond donors (Lipinski definition) is 4. The molecule has 0 aromatic heterocycles. The number of carbonyl (C=O) groups excluding carboxylic acids is 1. The van der Waals surface area contributed by atoms with Crippen molar-refractivity contribution >= 4 is 11.4 Å². The maximum Gasteiger partial charge on any atom is 0.223 e. The largest absolute Gasteiger partial charge is 0.516 e. The maximum atomic E-state index is 11.6. The number of carbonyl (C=O) groups is 1. The molecule has 0 spiro atoms. The first-order valence-corrected chi connectivity index (χ1v) is 6.44. The Morgan fingerprint density at radius 3 is 2.68 bits per heavy atom. The zero-order chi connectivity index (χ0) is 15.9. The van der Waals surface area contributed by atoms with Gasteiger partial charge in [-0.1, -0.05) is 12.2 Å². The van der Waals surface area contributed by atoms with Crippen molar-refractivity contribution < 1.29 is 30.0 Å². The van der Waals surface area contributed by atoms with Crippen molar-refractivity contribution in [3.8, 4) is 17.2 Å². The van der Waals surface area contributed by atoms with Gasteiger partial charge in [0.25, 0.3) is 0 Å². The van der Waals surface area contributed by atoms with Gasteiger partial charge in [0, 0.05) is 5.56 Å². The Morgan fingerprint density at radius 1 is 1.18 bits per heavy atom. The first-order chi connectivity index (χ1) is 10.5. The second-order valence-corrected chi connectivity index (χ2v) is 4.79. The molecule has 1 atom stereocenters. The summed E-state index contributed by atoms with van der Waals surface area (Å²) in [5, 5.41) is 38.3. The Morgan fingerprint density at radius 2 is 1.95 bits per heavy atom. The molecule has 1 aliphatic heterocycles. The van der Waals surface area contributed by atoms with E-state index in [-0.39, 0.29) is 17.3 Å². The molecule has 0 saturated heterocycles. The smallest absolute Gasteiger partial charge is 0.223 e. The number of ether oxygens (including phenoxy) is 1. The Balaban J connectivity index is 2.28. The lowest BCUT2D eigenvalue weighted by molar-refractivity contribution is -0.114. The molecule has 1 aromatic rings. The van der Waals surface area contributed by atoms with E-state index in [1.54, 1.807) is 18.2 Å². The lowest BCUT2D eigenvalue weighted by Gasteiger charge is -2.30. The number of aromatic hydroxyl groups is 2. The Labute approximate surface area is 125 Å². The van der Waals surface area contributed by atoms with Crippen LogP contribution >= 0.6 is 0 Å². The highest BCUT2D eigenvalue weighted by atomic mass is 16.5. The fourth-order valence-corrected chi connectivity index (χ4v) is 2.48. The predicted octanol–water partition coefficient (Wildman–Crippen LogP) is 2.47. The van der Waals surface area contributed by atoms with Gasteiger partial charge in [-0.2, -0.15) is 0 Å². The molecular formula is C16H12O6. The van der Waals surface area contributed by atoms with Crippen LogP contribution in [0.2, 0.25) is 0 Å². The summed E-state index contributed by atoms with van der Waals surface area (Å²) in [6.45, 7) is 0. The number of phenolic OH excluding ortho intramolecular Hbond substituents is 2. The van der Waals surface area contributed by atoms with E-state index in [1.165, 1.54) is 18.2 Å². The second-order valence-electron chi connectivity index (χ2n) is 4.79. The van der Waals surface area contributed by atoms with Gasteiger partial charge >= 0.3 is 0 Å². The Kier molecular flexibility index (Phi) is 3.14. The summed E-state index contributed by atoms with van der Waals surface area (Å²) in [5.41, 5.74) is 1.07. The van der Waals surface area contributed by atoms with Gasteiger partial charge in [-0.25, -0.2) is 0 Å². The molecule has 3 rings (SSSR count). The van der Waals surface area contributed by atoms with Crippen LogP contribution in [-0.2, 0) is 4.79 Å². The summed E-state index contributed by atoms with van der Waals surface area (Å²) in [6, 6.07) is 2.85. The minimum absolute atomic E-state index is 0.0292. The fraction of sp³-hybridized carbons (Fsp3) is 0.0625. The maximum absolute atomic E-state index is 11.6. The average molecular weight is 300 g/mol. The number of allylic oxidation sites excluding steroid dienone is 4. The Hall–Kier alpha value is -3.15. The van der Waals surface area contributed by atoms with Crippen molar-refractivity contribution in [1.29, 1.82) is 0 Å². The van der Waals surface area contributed by atoms with Crippen LogP contribution < -0.4 is 4.74 Å². The van der Waals surface area contributed by atoms with Crippen LogP contribution in [0.1, 0.15) is 5.56 Å². The number of aliphatic hydroxyl groups is 2. The molecule has 22 heavy (non-hydrogen) atoms. The number of ketones is 1. The first kappa shape index (κ1) is 13.8. The third-order valence-electron chi connectivity index (χ3n) is 3.52. The number of fused-ring (bicyclic) bond motifs is 2. The summed E-state index contributed by atoms with van der Waals surface area (Å²) < 4.78 is 5.46. The van der Waals surface area contributed by atoms with Gasteiger partial charge in [0.15, 0.2) is 17.3 Å². The zero-order valence-corrected chi connectivity index (χ0v) is 11.2. The number of hydrogen-bond acceptors (Lipinski definition) is 6. The van der Waals surface area contributed by atoms with E-state index in [9.17, 15) is 20.1 Å². The van der Waals surface area contributed by atoms with Crippen LogP contribution in [0.3, 0.4) is 0 Å². The highest BCUT2D eigenvalue weighted by molar-refractivity contribution is 6.04. The predicted molar refractivity (Wildman–Crippen MR) is 77.4 cm³/mol. The van der Waals surface area contributed by atoms with E-state index < -0.39 is 23.2 Å². The summed E-state index contributed by atoms with van der Waals surface area (Å²) in [5.74, 6) is -2.65. The van der Waals surface area contributed by atoms with Crippen molar-refractivity contribution in [3.05, 3.63) is 59.8 Å². The molecule has 4 N–H and O–H groups in total. The highest BCUT2D eigenvalue weighted by Crippen LogP contribution is 2.50. The van der Waals surface area contributed by atoms with Gasteiger partial charge in [-0.3, -0.25) is 4.79 Å². The number of benzene rings is 1. The third-order valence-corrected chi connectivity index (χ3v) is 3.52. The molecular weight excluding hydrogens is 288 g/mol. The van der Waals surface area contributed by atoms with Crippen LogP contribution in [0, 0.1) is 5.92 Å². The minimum atomic E-state index is -0.605. The first-order valence-electron chi connectivity index (χ1n) is 6.44. The van der Waals surface area contributed by atoms with Crippen LogP contribution in [0.25, 0.3) is 5.57 Å². The quantitative estimate of drug-likeness (QED) is 0.469. The van der Waals surface area contributed by atoms with Crippen LogP contribution in [0.4, 0.5) is 0 Å². The molecule has 112 valence electrons. The van der Waals surface area contributed by atoms with Gasteiger partial charge in [-0.15, -0.1) is 0 Å². The number of rotatable bonds is 1. The number of phenols is 2. The van der Waals surface area contributed by atoms with E-state index in [0.29, 0.717) is 11.1 Å². The summed E-state index contributed by atoms with van der Waals surface area (Å²) >= 11 is 0. The fourth-order valence-electron chi connectivity index (χ4n) is 2.48. The molecule has 1 aromatic carbocycles. The monoisotopic (exact) mass is 300 g/mol. The molecule has 0 fully saturated rings. The van der Waals surface area contributed by atoms with E-state index in [1.807, 2.05) is 0 Å². The van der Waals surface area contributed by atoms with Gasteiger partial charge in [0.1, 0.15) is 0 Å². The van der Waals surface area contributed by atoms with E-state index in [2.05, 4.69) is 0 Å². The molecule has 0 amide bonds. The molecule has 1 unspecified atom stereocenters. The van der Waals surface area contributed by atoms with Crippen molar-refractivity contribution in [2.75, 3.05) is 0 Å². The summed E-state index contributed by atoms with van der Waals surface area (Å²) in [7, 11) is 0. The zero-order valence-electron chi connectivity index (χ0n) is 11.2. The lowest BCUT2D eigenvalue weighted by atomic mass is 9.84. The van der Waals surface area contributed by atoms with E-state index in [4.69, 9.17) is 9.84 Å². The van der Waals surface area contributed by atoms with E-state index >= 15 is 0 Å². The standard InChI is InChI=1S/C16H12O6/c17-7-1-2-8-9-3-5-11(18)13(20)15(9)22-16-10(8)4-6-12(19)14(16)21/h1-7,9,17,19-21H/b7-1-,8-2-. The number of aliphatic hydroxyl groups excluding tert-OH is 2. The third kappa shape index (κ3) is 1.93. The van der Waals surface area contributed by atoms with Crippen molar-refractivity contribution in [2.45, 2.75) is 0 Å². The molecule has 1 aliphatic carbocycles. The average Bonchev–Trinajstić information content (AvgIpc) is 2.52. The minimum Gasteiger partial charge on any atom is -0.516 e. The molecule has 0 radical (unpaired) electrons.